The van der Waals surface area contributed by atoms with E-state index in [1.807, 2.05) is 66.1 Å². The van der Waals surface area contributed by atoms with Crippen molar-refractivity contribution in [2.24, 2.45) is 0 Å². The first-order valence-corrected chi connectivity index (χ1v) is 12.2. The molecule has 0 fully saturated rings. The molecule has 0 aliphatic rings. The number of hydrogen-bond acceptors (Lipinski definition) is 6. The molecule has 0 atom stereocenters. The van der Waals surface area contributed by atoms with Gasteiger partial charge in [0, 0.05) is 11.3 Å². The number of amides is 1. The molecule has 0 radical (unpaired) electrons. The molecule has 0 spiro atoms. The number of anilines is 1. The minimum atomic E-state index is -0.192. The lowest BCUT2D eigenvalue weighted by Gasteiger charge is -2.12. The van der Waals surface area contributed by atoms with Gasteiger partial charge in [0.1, 0.15) is 12.4 Å². The van der Waals surface area contributed by atoms with E-state index in [-0.39, 0.29) is 24.1 Å². The predicted octanol–water partition coefficient (Wildman–Crippen LogP) is 5.15. The third-order valence-corrected chi connectivity index (χ3v) is 6.19. The van der Waals surface area contributed by atoms with Crippen LogP contribution in [0.5, 0.6) is 5.75 Å². The first-order valence-electron chi connectivity index (χ1n) is 11.2. The number of rotatable bonds is 10. The van der Waals surface area contributed by atoms with Crippen molar-refractivity contribution < 1.29 is 14.3 Å². The normalized spacial score (nSPS) is 10.7. The van der Waals surface area contributed by atoms with Gasteiger partial charge in [0.2, 0.25) is 5.91 Å². The number of nitrogens with one attached hydrogen (secondary N) is 1. The first-order chi connectivity index (χ1) is 17.0. The van der Waals surface area contributed by atoms with Crippen LogP contribution < -0.4 is 10.1 Å². The number of hydrogen-bond donors (Lipinski definition) is 1. The lowest BCUT2D eigenvalue weighted by atomic mass is 10.1. The van der Waals surface area contributed by atoms with Crippen LogP contribution in [0.3, 0.4) is 0 Å². The van der Waals surface area contributed by atoms with E-state index in [2.05, 4.69) is 15.5 Å². The topological polar surface area (TPSA) is 86.1 Å². The third-order valence-electron chi connectivity index (χ3n) is 5.22. The summed E-state index contributed by atoms with van der Waals surface area (Å²) in [5.41, 5.74) is 3.35. The van der Waals surface area contributed by atoms with Gasteiger partial charge in [0.15, 0.2) is 16.8 Å². The van der Waals surface area contributed by atoms with Crippen molar-refractivity contribution in [3.63, 3.8) is 0 Å². The second-order valence-electron chi connectivity index (χ2n) is 8.05. The summed E-state index contributed by atoms with van der Waals surface area (Å²) in [6.45, 7) is 4.33. The lowest BCUT2D eigenvalue weighted by molar-refractivity contribution is -0.113. The average molecular weight is 487 g/mol. The zero-order valence-corrected chi connectivity index (χ0v) is 20.4. The highest BCUT2D eigenvalue weighted by Crippen LogP contribution is 2.21. The number of Topliss-reactive ketones (excluding diaryl/α,β-unsaturated/α-hetero) is 1. The molecular formula is C27H26N4O3S. The van der Waals surface area contributed by atoms with Crippen molar-refractivity contribution in [2.45, 2.75) is 32.2 Å². The molecule has 0 unspecified atom stereocenters. The Bertz CT molecular complexity index is 1320. The van der Waals surface area contributed by atoms with E-state index in [1.54, 1.807) is 24.3 Å². The molecule has 0 saturated heterocycles. The van der Waals surface area contributed by atoms with Crippen molar-refractivity contribution in [1.29, 1.82) is 0 Å². The van der Waals surface area contributed by atoms with Gasteiger partial charge in [-0.3, -0.25) is 14.2 Å². The van der Waals surface area contributed by atoms with E-state index >= 15 is 0 Å². The van der Waals surface area contributed by atoms with Gasteiger partial charge in [-0.1, -0.05) is 66.4 Å². The van der Waals surface area contributed by atoms with E-state index in [9.17, 15) is 9.59 Å². The number of aryl methyl sites for hydroxylation is 1. The largest absolute Gasteiger partial charge is 0.486 e. The Labute approximate surface area is 208 Å². The molecule has 1 amide bonds. The maximum atomic E-state index is 12.6. The summed E-state index contributed by atoms with van der Waals surface area (Å²) in [6.07, 6.45) is 0. The molecule has 178 valence electrons. The summed E-state index contributed by atoms with van der Waals surface area (Å²) < 4.78 is 7.93. The van der Waals surface area contributed by atoms with Crippen LogP contribution in [0.4, 0.5) is 5.69 Å². The van der Waals surface area contributed by atoms with Gasteiger partial charge in [-0.2, -0.15) is 0 Å². The number of benzene rings is 3. The second kappa shape index (κ2) is 11.5. The van der Waals surface area contributed by atoms with Crippen molar-refractivity contribution in [1.82, 2.24) is 14.8 Å². The number of thioether (sulfide) groups is 1. The maximum absolute atomic E-state index is 12.6. The van der Waals surface area contributed by atoms with Crippen LogP contribution in [0.15, 0.2) is 84.0 Å². The first kappa shape index (κ1) is 24.2. The summed E-state index contributed by atoms with van der Waals surface area (Å²) in [5, 5.41) is 12.1. The SMILES string of the molecule is CC(=O)c1cccc(NC(=O)CSc2nnc(COc3cccc(C)c3)n2Cc2ccccc2)c1. The molecule has 4 aromatic rings. The van der Waals surface area contributed by atoms with Gasteiger partial charge in [-0.15, -0.1) is 10.2 Å². The van der Waals surface area contributed by atoms with Crippen LogP contribution in [0.2, 0.25) is 0 Å². The van der Waals surface area contributed by atoms with Crippen LogP contribution in [-0.4, -0.2) is 32.2 Å². The standard InChI is InChI=1S/C27H26N4O3S/c1-19-8-6-13-24(14-19)34-17-25-29-30-27(31(25)16-21-9-4-3-5-10-21)35-18-26(33)28-23-12-7-11-22(15-23)20(2)32/h3-15H,16-18H2,1-2H3,(H,28,33). The van der Waals surface area contributed by atoms with Crippen LogP contribution in [-0.2, 0) is 17.9 Å². The van der Waals surface area contributed by atoms with Crippen LogP contribution in [0.1, 0.15) is 34.2 Å². The molecule has 3 aromatic carbocycles. The van der Waals surface area contributed by atoms with E-state index in [0.717, 1.165) is 16.9 Å². The van der Waals surface area contributed by atoms with Crippen molar-refractivity contribution >= 4 is 29.1 Å². The van der Waals surface area contributed by atoms with E-state index in [0.29, 0.717) is 28.8 Å². The lowest BCUT2D eigenvalue weighted by Crippen LogP contribution is -2.15. The predicted molar refractivity (Wildman–Crippen MR) is 137 cm³/mol. The van der Waals surface area contributed by atoms with Crippen molar-refractivity contribution in [3.8, 4) is 5.75 Å². The number of ketones is 1. The Kier molecular flexibility index (Phi) is 7.95. The molecule has 1 aromatic heterocycles. The fourth-order valence-electron chi connectivity index (χ4n) is 3.45. The van der Waals surface area contributed by atoms with Gasteiger partial charge in [0.25, 0.3) is 0 Å². The Morgan fingerprint density at radius 3 is 2.54 bits per heavy atom. The maximum Gasteiger partial charge on any atom is 0.234 e. The molecule has 0 bridgehead atoms. The number of aromatic nitrogens is 3. The fourth-order valence-corrected chi connectivity index (χ4v) is 4.21. The molecule has 7 nitrogen and oxygen atoms in total. The molecular weight excluding hydrogens is 460 g/mol. The Morgan fingerprint density at radius 2 is 1.77 bits per heavy atom. The van der Waals surface area contributed by atoms with Gasteiger partial charge < -0.3 is 10.1 Å². The quantitative estimate of drug-likeness (QED) is 0.247. The Hall–Kier alpha value is -3.91. The molecule has 1 heterocycles. The molecule has 4 rings (SSSR count). The zero-order chi connectivity index (χ0) is 24.6. The number of carbonyl (C=O) groups excluding carboxylic acids is 2. The van der Waals surface area contributed by atoms with Crippen molar-refractivity contribution in [3.05, 3.63) is 101 Å². The zero-order valence-electron chi connectivity index (χ0n) is 19.6. The van der Waals surface area contributed by atoms with E-state index in [4.69, 9.17) is 4.74 Å². The Balaban J connectivity index is 1.46. The van der Waals surface area contributed by atoms with E-state index in [1.165, 1.54) is 18.7 Å². The molecule has 1 N–H and O–H groups in total. The Morgan fingerprint density at radius 1 is 0.971 bits per heavy atom. The number of carbonyl (C=O) groups is 2. The monoisotopic (exact) mass is 486 g/mol. The molecule has 8 heteroatoms. The molecule has 0 aliphatic carbocycles. The summed E-state index contributed by atoms with van der Waals surface area (Å²) in [4.78, 5) is 24.2. The smallest absolute Gasteiger partial charge is 0.234 e. The fraction of sp³-hybridized carbons (Fsp3) is 0.185. The average Bonchev–Trinajstić information content (AvgIpc) is 3.23. The minimum absolute atomic E-state index is 0.0510. The summed E-state index contributed by atoms with van der Waals surface area (Å²) >= 11 is 1.30. The van der Waals surface area contributed by atoms with Gasteiger partial charge >= 0.3 is 0 Å². The van der Waals surface area contributed by atoms with E-state index < -0.39 is 0 Å². The number of ether oxygens (including phenoxy) is 1. The van der Waals surface area contributed by atoms with Gasteiger partial charge in [-0.05, 0) is 49.2 Å². The molecule has 35 heavy (non-hydrogen) atoms. The van der Waals surface area contributed by atoms with Crippen LogP contribution >= 0.6 is 11.8 Å². The summed E-state index contributed by atoms with van der Waals surface area (Å²) in [6, 6.07) is 24.8. The van der Waals surface area contributed by atoms with Crippen LogP contribution in [0, 0.1) is 6.92 Å². The van der Waals surface area contributed by atoms with Gasteiger partial charge in [-0.25, -0.2) is 0 Å². The molecule has 0 aliphatic heterocycles. The second-order valence-corrected chi connectivity index (χ2v) is 8.99. The highest BCUT2D eigenvalue weighted by molar-refractivity contribution is 7.99. The summed E-state index contributed by atoms with van der Waals surface area (Å²) in [7, 11) is 0. The highest BCUT2D eigenvalue weighted by Gasteiger charge is 2.16. The highest BCUT2D eigenvalue weighted by atomic mass is 32.2. The third kappa shape index (κ3) is 6.80. The van der Waals surface area contributed by atoms with Crippen LogP contribution in [0.25, 0.3) is 0 Å². The van der Waals surface area contributed by atoms with Gasteiger partial charge in [0.05, 0.1) is 12.3 Å². The number of nitrogens with zero attached hydrogens (tertiary/aromatic N) is 3. The van der Waals surface area contributed by atoms with Crippen molar-refractivity contribution in [2.75, 3.05) is 11.1 Å². The molecule has 0 saturated carbocycles. The minimum Gasteiger partial charge on any atom is -0.486 e. The summed E-state index contributed by atoms with van der Waals surface area (Å²) in [5.74, 6) is 1.34.